The fourth-order valence-corrected chi connectivity index (χ4v) is 2.66. The first-order chi connectivity index (χ1) is 10.7. The molecule has 22 heavy (non-hydrogen) atoms. The molecule has 0 radical (unpaired) electrons. The average molecular weight is 312 g/mol. The van der Waals surface area contributed by atoms with Crippen LogP contribution in [0.15, 0.2) is 34.7 Å². The van der Waals surface area contributed by atoms with Crippen molar-refractivity contribution >= 4 is 22.2 Å². The Kier molecular flexibility index (Phi) is 6.11. The minimum absolute atomic E-state index is 0.657. The summed E-state index contributed by atoms with van der Waals surface area (Å²) in [7, 11) is 0. The van der Waals surface area contributed by atoms with Gasteiger partial charge in [-0.15, -0.1) is 11.3 Å². The van der Waals surface area contributed by atoms with Crippen LogP contribution in [0.5, 0.6) is 0 Å². The third kappa shape index (κ3) is 4.68. The van der Waals surface area contributed by atoms with Gasteiger partial charge in [-0.25, -0.2) is 4.98 Å². The Morgan fingerprint density at radius 3 is 2.77 bits per heavy atom. The fourth-order valence-electron chi connectivity index (χ4n) is 2.00. The number of hydrazone groups is 1. The summed E-state index contributed by atoms with van der Waals surface area (Å²) in [5, 5.41) is 16.0. The molecule has 0 aliphatic rings. The van der Waals surface area contributed by atoms with Crippen molar-refractivity contribution in [3.05, 3.63) is 35.2 Å². The van der Waals surface area contributed by atoms with Crippen molar-refractivity contribution in [3.63, 3.8) is 0 Å². The van der Waals surface area contributed by atoms with Gasteiger partial charge in [0, 0.05) is 16.7 Å². The van der Waals surface area contributed by atoms with Crippen molar-refractivity contribution in [1.29, 1.82) is 5.26 Å². The van der Waals surface area contributed by atoms with Crippen LogP contribution in [0.4, 0.5) is 5.13 Å². The van der Waals surface area contributed by atoms with Crippen molar-refractivity contribution in [2.24, 2.45) is 5.10 Å². The van der Waals surface area contributed by atoms with E-state index < -0.39 is 0 Å². The van der Waals surface area contributed by atoms with E-state index in [-0.39, 0.29) is 0 Å². The molecule has 1 N–H and O–H groups in total. The van der Waals surface area contributed by atoms with Gasteiger partial charge in [-0.1, -0.05) is 31.9 Å². The molecule has 1 aromatic carbocycles. The molecule has 1 aromatic heterocycles. The second-order valence-corrected chi connectivity index (χ2v) is 6.00. The number of nitrogens with zero attached hydrogens (tertiary/aromatic N) is 3. The summed E-state index contributed by atoms with van der Waals surface area (Å²) >= 11 is 1.53. The molecule has 0 fully saturated rings. The lowest BCUT2D eigenvalue weighted by atomic mass is 10.1. The van der Waals surface area contributed by atoms with Gasteiger partial charge in [0.05, 0.1) is 17.3 Å². The zero-order valence-corrected chi connectivity index (χ0v) is 13.8. The second kappa shape index (κ2) is 8.30. The lowest BCUT2D eigenvalue weighted by molar-refractivity contribution is 0.740. The number of aromatic nitrogens is 1. The summed E-state index contributed by atoms with van der Waals surface area (Å²) in [6, 6.07) is 9.55. The monoisotopic (exact) mass is 312 g/mol. The van der Waals surface area contributed by atoms with E-state index in [9.17, 15) is 0 Å². The summed E-state index contributed by atoms with van der Waals surface area (Å²) in [4.78, 5) is 4.52. The molecule has 0 unspecified atom stereocenters. The van der Waals surface area contributed by atoms with Crippen LogP contribution in [-0.4, -0.2) is 10.7 Å². The molecule has 0 aliphatic carbocycles. The second-order valence-electron chi connectivity index (χ2n) is 5.14. The largest absolute Gasteiger partial charge is 0.253 e. The number of nitriles is 1. The predicted molar refractivity (Wildman–Crippen MR) is 93.1 cm³/mol. The molecule has 0 aliphatic heterocycles. The lowest BCUT2D eigenvalue weighted by Crippen LogP contribution is -1.97. The lowest BCUT2D eigenvalue weighted by Gasteiger charge is -2.00. The Bertz CT molecular complexity index is 665. The number of hydrogen-bond donors (Lipinski definition) is 1. The van der Waals surface area contributed by atoms with Crippen molar-refractivity contribution < 1.29 is 0 Å². The molecule has 5 heteroatoms. The molecule has 1 heterocycles. The summed E-state index contributed by atoms with van der Waals surface area (Å²) in [5.41, 5.74) is 6.69. The maximum Gasteiger partial charge on any atom is 0.203 e. The number of unbranched alkanes of at least 4 members (excludes halogenated alkanes) is 2. The van der Waals surface area contributed by atoms with Gasteiger partial charge in [-0.2, -0.15) is 10.4 Å². The van der Waals surface area contributed by atoms with E-state index in [4.69, 9.17) is 5.26 Å². The average Bonchev–Trinajstić information content (AvgIpc) is 3.02. The minimum atomic E-state index is 0.657. The normalized spacial score (nSPS) is 11.2. The van der Waals surface area contributed by atoms with Gasteiger partial charge in [0.15, 0.2) is 0 Å². The summed E-state index contributed by atoms with van der Waals surface area (Å²) in [6.45, 7) is 4.24. The van der Waals surface area contributed by atoms with Gasteiger partial charge < -0.3 is 0 Å². The predicted octanol–water partition coefficient (Wildman–Crippen LogP) is 5.05. The van der Waals surface area contributed by atoms with Crippen LogP contribution in [0.25, 0.3) is 11.3 Å². The van der Waals surface area contributed by atoms with E-state index in [0.29, 0.717) is 5.56 Å². The van der Waals surface area contributed by atoms with Gasteiger partial charge in [0.1, 0.15) is 0 Å². The number of rotatable bonds is 7. The first-order valence-corrected chi connectivity index (χ1v) is 8.36. The molecule has 0 saturated heterocycles. The molecule has 0 atom stereocenters. The molecule has 114 valence electrons. The quantitative estimate of drug-likeness (QED) is 0.442. The third-order valence-corrected chi connectivity index (χ3v) is 4.05. The van der Waals surface area contributed by atoms with Crippen LogP contribution < -0.4 is 5.43 Å². The van der Waals surface area contributed by atoms with Crippen molar-refractivity contribution in [1.82, 2.24) is 4.98 Å². The summed E-state index contributed by atoms with van der Waals surface area (Å²) < 4.78 is 0. The highest BCUT2D eigenvalue weighted by molar-refractivity contribution is 7.14. The smallest absolute Gasteiger partial charge is 0.203 e. The molecule has 4 nitrogen and oxygen atoms in total. The Balaban J connectivity index is 1.96. The van der Waals surface area contributed by atoms with E-state index in [2.05, 4.69) is 28.5 Å². The van der Waals surface area contributed by atoms with Gasteiger partial charge in [0.2, 0.25) is 5.13 Å². The number of hydrogen-bond acceptors (Lipinski definition) is 5. The van der Waals surface area contributed by atoms with Crippen LogP contribution in [0.2, 0.25) is 0 Å². The minimum Gasteiger partial charge on any atom is -0.253 e. The number of anilines is 1. The highest BCUT2D eigenvalue weighted by atomic mass is 32.1. The Hall–Kier alpha value is -2.19. The highest BCUT2D eigenvalue weighted by Crippen LogP contribution is 2.25. The van der Waals surface area contributed by atoms with Crippen molar-refractivity contribution in [2.45, 2.75) is 39.5 Å². The molecular weight excluding hydrogens is 292 g/mol. The van der Waals surface area contributed by atoms with E-state index >= 15 is 0 Å². The maximum absolute atomic E-state index is 8.81. The number of nitrogens with one attached hydrogen (secondary N) is 1. The molecular formula is C17H20N4S. The van der Waals surface area contributed by atoms with Crippen molar-refractivity contribution in [3.8, 4) is 17.3 Å². The third-order valence-electron chi connectivity index (χ3n) is 3.30. The summed E-state index contributed by atoms with van der Waals surface area (Å²) in [6.07, 6.45) is 4.67. The van der Waals surface area contributed by atoms with E-state index in [0.717, 1.165) is 28.5 Å². The molecule has 0 amide bonds. The highest BCUT2D eigenvalue weighted by Gasteiger charge is 2.04. The zero-order chi connectivity index (χ0) is 15.8. The first-order valence-electron chi connectivity index (χ1n) is 7.48. The molecule has 2 aromatic rings. The summed E-state index contributed by atoms with van der Waals surface area (Å²) in [5.74, 6) is 0. The number of benzene rings is 1. The Morgan fingerprint density at radius 2 is 2.09 bits per heavy atom. The SMILES string of the molecule is CCCCC/C(C)=N/Nc1nc(-c2ccc(C#N)cc2)cs1. The zero-order valence-electron chi connectivity index (χ0n) is 13.0. The molecule has 0 bridgehead atoms. The fraction of sp³-hybridized carbons (Fsp3) is 0.353. The Labute approximate surface area is 135 Å². The van der Waals surface area contributed by atoms with Crippen LogP contribution in [0.1, 0.15) is 45.1 Å². The van der Waals surface area contributed by atoms with Crippen LogP contribution in [0, 0.1) is 11.3 Å². The van der Waals surface area contributed by atoms with Crippen LogP contribution in [-0.2, 0) is 0 Å². The van der Waals surface area contributed by atoms with E-state index in [1.165, 1.54) is 30.6 Å². The van der Waals surface area contributed by atoms with Gasteiger partial charge >= 0.3 is 0 Å². The Morgan fingerprint density at radius 1 is 1.32 bits per heavy atom. The van der Waals surface area contributed by atoms with Crippen molar-refractivity contribution in [2.75, 3.05) is 5.43 Å². The molecule has 0 saturated carbocycles. The molecule has 2 rings (SSSR count). The number of thiazole rings is 1. The van der Waals surface area contributed by atoms with E-state index in [1.54, 1.807) is 12.1 Å². The van der Waals surface area contributed by atoms with E-state index in [1.807, 2.05) is 24.4 Å². The maximum atomic E-state index is 8.81. The van der Waals surface area contributed by atoms with Gasteiger partial charge in [-0.05, 0) is 31.9 Å². The standard InChI is InChI=1S/C17H20N4S/c1-3-4-5-6-13(2)20-21-17-19-16(12-22-17)15-9-7-14(11-18)8-10-15/h7-10,12H,3-6H2,1-2H3,(H,19,21)/b20-13+. The van der Waals surface area contributed by atoms with Crippen LogP contribution in [0.3, 0.4) is 0 Å². The van der Waals surface area contributed by atoms with Crippen LogP contribution >= 0.6 is 11.3 Å². The first kappa shape index (κ1) is 16.2. The molecule has 0 spiro atoms. The van der Waals surface area contributed by atoms with Gasteiger partial charge in [-0.3, -0.25) is 5.43 Å². The van der Waals surface area contributed by atoms with Gasteiger partial charge in [0.25, 0.3) is 0 Å². The topological polar surface area (TPSA) is 61.1 Å².